The van der Waals surface area contributed by atoms with Crippen molar-refractivity contribution < 1.29 is 29.0 Å². The number of ether oxygens (including phenoxy) is 2. The summed E-state index contributed by atoms with van der Waals surface area (Å²) in [7, 11) is 0. The normalized spacial score (nSPS) is 16.6. The third kappa shape index (κ3) is 2.92. The number of amides is 2. The van der Waals surface area contributed by atoms with E-state index in [4.69, 9.17) is 21.1 Å². The molecule has 2 aromatic rings. The number of carbonyl (C=O) groups is 3. The van der Waals surface area contributed by atoms with Gasteiger partial charge in [0.1, 0.15) is 0 Å². The number of carboxylic acid groups (broad SMARTS) is 1. The summed E-state index contributed by atoms with van der Waals surface area (Å²) in [5.41, 5.74) is 1.36. The van der Waals surface area contributed by atoms with Gasteiger partial charge in [0.15, 0.2) is 11.5 Å². The van der Waals surface area contributed by atoms with E-state index in [2.05, 4.69) is 0 Å². The van der Waals surface area contributed by atoms with E-state index in [-0.39, 0.29) is 17.9 Å². The van der Waals surface area contributed by atoms with Crippen LogP contribution in [0.4, 0.5) is 0 Å². The van der Waals surface area contributed by atoms with Crippen molar-refractivity contribution in [1.82, 2.24) is 4.90 Å². The van der Waals surface area contributed by atoms with Gasteiger partial charge in [0, 0.05) is 11.1 Å². The topological polar surface area (TPSA) is 96.0 Å². The minimum atomic E-state index is -1.53. The molecule has 0 bridgehead atoms. The summed E-state index contributed by atoms with van der Waals surface area (Å²) in [5.74, 6) is -2.07. The van der Waals surface area contributed by atoms with Crippen molar-refractivity contribution >= 4 is 41.0 Å². The first-order valence-electron chi connectivity index (χ1n) is 7.92. The maximum atomic E-state index is 12.8. The Morgan fingerprint density at radius 2 is 1.89 bits per heavy atom. The summed E-state index contributed by atoms with van der Waals surface area (Å²) in [4.78, 5) is 36.9. The van der Waals surface area contributed by atoms with Crippen LogP contribution in [0.3, 0.4) is 0 Å². The maximum Gasteiger partial charge on any atom is 0.261 e. The van der Waals surface area contributed by atoms with Gasteiger partial charge in [0.05, 0.1) is 17.5 Å². The molecule has 0 saturated heterocycles. The first kappa shape index (κ1) is 17.1. The summed E-state index contributed by atoms with van der Waals surface area (Å²) >= 11 is 6.18. The molecule has 0 aliphatic carbocycles. The lowest BCUT2D eigenvalue weighted by atomic mass is 9.92. The Bertz CT molecular complexity index is 1030. The molecule has 8 heteroatoms. The van der Waals surface area contributed by atoms with E-state index in [1.807, 2.05) is 0 Å². The average Bonchev–Trinajstić information content (AvgIpc) is 3.11. The van der Waals surface area contributed by atoms with Crippen LogP contribution in [0, 0.1) is 0 Å². The van der Waals surface area contributed by atoms with Crippen LogP contribution in [-0.2, 0) is 9.59 Å². The molecule has 0 N–H and O–H groups in total. The molecule has 0 aromatic heterocycles. The molecule has 27 heavy (non-hydrogen) atoms. The third-order valence-electron chi connectivity index (χ3n) is 4.22. The molecule has 0 spiro atoms. The number of benzene rings is 2. The van der Waals surface area contributed by atoms with Crippen LogP contribution < -0.4 is 14.6 Å². The molecule has 2 aliphatic heterocycles. The highest BCUT2D eigenvalue weighted by Crippen LogP contribution is 2.41. The van der Waals surface area contributed by atoms with Crippen LogP contribution in [0.5, 0.6) is 11.5 Å². The molecule has 0 saturated carbocycles. The highest BCUT2D eigenvalue weighted by molar-refractivity contribution is 6.35. The van der Waals surface area contributed by atoms with E-state index < -0.39 is 24.3 Å². The van der Waals surface area contributed by atoms with Gasteiger partial charge in [-0.25, -0.2) is 0 Å². The predicted octanol–water partition coefficient (Wildman–Crippen LogP) is 1.34. The van der Waals surface area contributed by atoms with E-state index in [0.29, 0.717) is 32.5 Å². The van der Waals surface area contributed by atoms with Crippen molar-refractivity contribution in [2.75, 3.05) is 13.3 Å². The molecule has 2 aromatic carbocycles. The zero-order chi connectivity index (χ0) is 19.1. The highest BCUT2D eigenvalue weighted by atomic mass is 35.5. The summed E-state index contributed by atoms with van der Waals surface area (Å²) in [5, 5.41) is 11.3. The van der Waals surface area contributed by atoms with E-state index in [1.165, 1.54) is 12.1 Å². The minimum absolute atomic E-state index is 0.0464. The number of hydrogen-bond donors (Lipinski definition) is 0. The van der Waals surface area contributed by atoms with Gasteiger partial charge >= 0.3 is 0 Å². The molecule has 2 aliphatic rings. The van der Waals surface area contributed by atoms with Crippen molar-refractivity contribution in [3.05, 3.63) is 58.1 Å². The van der Waals surface area contributed by atoms with Crippen molar-refractivity contribution in [2.24, 2.45) is 0 Å². The Balaban J connectivity index is 1.85. The number of imide groups is 1. The molecular weight excluding hydrogens is 374 g/mol. The van der Waals surface area contributed by atoms with Crippen LogP contribution in [0.2, 0.25) is 5.02 Å². The zero-order valence-electron chi connectivity index (χ0n) is 13.7. The Hall–Kier alpha value is -3.32. The molecule has 2 heterocycles. The molecule has 0 radical (unpaired) electrons. The second kappa shape index (κ2) is 6.44. The minimum Gasteiger partial charge on any atom is -0.548 e. The Labute approximate surface area is 158 Å². The molecule has 2 amide bonds. The van der Waals surface area contributed by atoms with E-state index in [0.717, 1.165) is 0 Å². The van der Waals surface area contributed by atoms with Crippen LogP contribution in [0.25, 0.3) is 11.6 Å². The molecule has 0 unspecified atom stereocenters. The number of carbonyl (C=O) groups excluding carboxylic acids is 3. The summed E-state index contributed by atoms with van der Waals surface area (Å²) in [6.45, 7) is -0.782. The van der Waals surface area contributed by atoms with Crippen LogP contribution in [-0.4, -0.2) is 36.0 Å². The van der Waals surface area contributed by atoms with Gasteiger partial charge in [0.25, 0.3) is 11.8 Å². The standard InChI is InChI=1S/C19H12ClNO6/c20-14-6-10(7-15-17(14)27-9-26-15)5-13-11-3-1-2-4-12(11)18(24)21(19(13)25)8-16(22)23/h1-7H,8-9H2,(H,22,23)/p-1. The van der Waals surface area contributed by atoms with E-state index >= 15 is 0 Å². The van der Waals surface area contributed by atoms with Crippen LogP contribution in [0.15, 0.2) is 36.4 Å². The number of carboxylic acids is 1. The predicted molar refractivity (Wildman–Crippen MR) is 92.9 cm³/mol. The Morgan fingerprint density at radius 1 is 1.15 bits per heavy atom. The van der Waals surface area contributed by atoms with Gasteiger partial charge in [-0.1, -0.05) is 29.8 Å². The van der Waals surface area contributed by atoms with Gasteiger partial charge in [-0.05, 0) is 35.4 Å². The van der Waals surface area contributed by atoms with Crippen LogP contribution in [0.1, 0.15) is 21.5 Å². The smallest absolute Gasteiger partial charge is 0.261 e. The number of halogens is 1. The first-order valence-corrected chi connectivity index (χ1v) is 8.30. The summed E-state index contributed by atoms with van der Waals surface area (Å²) < 4.78 is 10.6. The zero-order valence-corrected chi connectivity index (χ0v) is 14.5. The highest BCUT2D eigenvalue weighted by Gasteiger charge is 2.34. The van der Waals surface area contributed by atoms with Crippen molar-refractivity contribution in [3.8, 4) is 11.5 Å². The monoisotopic (exact) mass is 384 g/mol. The SMILES string of the molecule is O=C([O-])CN1C(=O)C(=Cc2cc(Cl)c3c(c2)OCO3)c2ccccc2C1=O. The second-order valence-corrected chi connectivity index (χ2v) is 6.32. The van der Waals surface area contributed by atoms with Gasteiger partial charge in [-0.15, -0.1) is 0 Å². The molecule has 0 fully saturated rings. The first-order chi connectivity index (χ1) is 13.0. The fourth-order valence-corrected chi connectivity index (χ4v) is 3.33. The maximum absolute atomic E-state index is 12.8. The number of rotatable bonds is 3. The summed E-state index contributed by atoms with van der Waals surface area (Å²) in [6.07, 6.45) is 1.53. The van der Waals surface area contributed by atoms with Gasteiger partial charge in [-0.3, -0.25) is 14.5 Å². The van der Waals surface area contributed by atoms with Gasteiger partial charge in [-0.2, -0.15) is 0 Å². The molecular formula is C19H11ClNO6-. The molecule has 136 valence electrons. The third-order valence-corrected chi connectivity index (χ3v) is 4.50. The lowest BCUT2D eigenvalue weighted by molar-refractivity contribution is -0.305. The molecule has 0 atom stereocenters. The second-order valence-electron chi connectivity index (χ2n) is 5.91. The van der Waals surface area contributed by atoms with E-state index in [1.54, 1.807) is 30.3 Å². The van der Waals surface area contributed by atoms with Gasteiger partial charge in [0.2, 0.25) is 6.79 Å². The Kier molecular flexibility index (Phi) is 4.08. The summed E-state index contributed by atoms with van der Waals surface area (Å²) in [6, 6.07) is 9.73. The van der Waals surface area contributed by atoms with Crippen LogP contribution >= 0.6 is 11.6 Å². The van der Waals surface area contributed by atoms with Crippen molar-refractivity contribution in [1.29, 1.82) is 0 Å². The lowest BCUT2D eigenvalue weighted by Gasteiger charge is -2.28. The fourth-order valence-electron chi connectivity index (χ4n) is 3.05. The van der Waals surface area contributed by atoms with E-state index in [9.17, 15) is 19.5 Å². The number of hydrogen-bond acceptors (Lipinski definition) is 6. The number of fused-ring (bicyclic) bond motifs is 2. The average molecular weight is 385 g/mol. The lowest BCUT2D eigenvalue weighted by Crippen LogP contribution is -2.47. The van der Waals surface area contributed by atoms with Crippen molar-refractivity contribution in [2.45, 2.75) is 0 Å². The quantitative estimate of drug-likeness (QED) is 0.585. The Morgan fingerprint density at radius 3 is 2.63 bits per heavy atom. The molecule has 7 nitrogen and oxygen atoms in total. The molecule has 4 rings (SSSR count). The van der Waals surface area contributed by atoms with Gasteiger partial charge < -0.3 is 19.4 Å². The van der Waals surface area contributed by atoms with Crippen molar-refractivity contribution in [3.63, 3.8) is 0 Å². The number of aliphatic carboxylic acids is 1. The fraction of sp³-hybridized carbons (Fsp3) is 0.105. The largest absolute Gasteiger partial charge is 0.548 e. The number of nitrogens with zero attached hydrogens (tertiary/aromatic N) is 1.